The third-order valence-corrected chi connectivity index (χ3v) is 5.20. The van der Waals surface area contributed by atoms with Crippen molar-refractivity contribution in [3.8, 4) is 11.1 Å². The topological polar surface area (TPSA) is 76.7 Å². The van der Waals surface area contributed by atoms with Gasteiger partial charge in [-0.15, -0.1) is 0 Å². The van der Waals surface area contributed by atoms with Crippen LogP contribution in [-0.2, 0) is 7.05 Å². The lowest BCUT2D eigenvalue weighted by Crippen LogP contribution is -1.94. The van der Waals surface area contributed by atoms with E-state index in [2.05, 4.69) is 16.1 Å². The molecule has 0 fully saturated rings. The van der Waals surface area contributed by atoms with E-state index in [-0.39, 0.29) is 5.43 Å². The lowest BCUT2D eigenvalue weighted by molar-refractivity contribution is 0.669. The molecular weight excluding hydrogens is 352 g/mol. The summed E-state index contributed by atoms with van der Waals surface area (Å²) in [4.78, 5) is 21.0. The van der Waals surface area contributed by atoms with Gasteiger partial charge in [-0.05, 0) is 35.9 Å². The second kappa shape index (κ2) is 5.29. The summed E-state index contributed by atoms with van der Waals surface area (Å²) in [6, 6.07) is 15.0. The zero-order valence-corrected chi connectivity index (χ0v) is 14.9. The van der Waals surface area contributed by atoms with E-state index >= 15 is 0 Å². The van der Waals surface area contributed by atoms with Crippen molar-refractivity contribution in [1.82, 2.24) is 19.7 Å². The van der Waals surface area contributed by atoms with E-state index in [9.17, 15) is 4.79 Å². The van der Waals surface area contributed by atoms with Gasteiger partial charge < -0.3 is 9.52 Å². The van der Waals surface area contributed by atoms with Gasteiger partial charge in [0, 0.05) is 47.2 Å². The molecule has 6 rings (SSSR count). The van der Waals surface area contributed by atoms with Crippen molar-refractivity contribution in [3.63, 3.8) is 0 Å². The Kier molecular flexibility index (Phi) is 2.87. The van der Waals surface area contributed by atoms with Crippen molar-refractivity contribution in [2.75, 3.05) is 0 Å². The molecule has 0 saturated heterocycles. The molecule has 6 heteroatoms. The highest BCUT2D eigenvalue weighted by Crippen LogP contribution is 2.39. The number of aromatic amines is 1. The van der Waals surface area contributed by atoms with Crippen molar-refractivity contribution < 1.29 is 4.42 Å². The van der Waals surface area contributed by atoms with Crippen molar-refractivity contribution in [1.29, 1.82) is 0 Å². The molecule has 0 radical (unpaired) electrons. The number of furan rings is 1. The molecule has 4 heterocycles. The van der Waals surface area contributed by atoms with Crippen LogP contribution in [0.5, 0.6) is 0 Å². The summed E-state index contributed by atoms with van der Waals surface area (Å²) >= 11 is 0. The molecule has 0 bridgehead atoms. The Morgan fingerprint density at radius 2 is 2.00 bits per heavy atom. The largest absolute Gasteiger partial charge is 0.454 e. The molecule has 0 aliphatic carbocycles. The Labute approximate surface area is 158 Å². The van der Waals surface area contributed by atoms with Crippen molar-refractivity contribution in [2.45, 2.75) is 0 Å². The number of H-pyrrole nitrogens is 1. The van der Waals surface area contributed by atoms with E-state index in [1.54, 1.807) is 18.3 Å². The van der Waals surface area contributed by atoms with Gasteiger partial charge in [0.25, 0.3) is 0 Å². The van der Waals surface area contributed by atoms with Gasteiger partial charge in [0.2, 0.25) is 0 Å². The number of aryl methyl sites for hydroxylation is 1. The van der Waals surface area contributed by atoms with Crippen molar-refractivity contribution in [2.24, 2.45) is 7.05 Å². The zero-order valence-electron chi connectivity index (χ0n) is 14.9. The summed E-state index contributed by atoms with van der Waals surface area (Å²) in [7, 11) is 1.92. The number of nitrogens with one attached hydrogen (secondary N) is 1. The van der Waals surface area contributed by atoms with Crippen LogP contribution < -0.4 is 5.43 Å². The Balaban J connectivity index is 1.82. The summed E-state index contributed by atoms with van der Waals surface area (Å²) in [6.45, 7) is 0. The highest BCUT2D eigenvalue weighted by Gasteiger charge is 2.19. The average Bonchev–Trinajstić information content (AvgIpc) is 3.25. The van der Waals surface area contributed by atoms with Gasteiger partial charge >= 0.3 is 0 Å². The summed E-state index contributed by atoms with van der Waals surface area (Å²) in [5, 5.41) is 6.04. The van der Waals surface area contributed by atoms with Crippen LogP contribution in [0.25, 0.3) is 55.1 Å². The first kappa shape index (κ1) is 15.2. The molecule has 0 spiro atoms. The lowest BCUT2D eigenvalue weighted by Gasteiger charge is -2.07. The van der Waals surface area contributed by atoms with Gasteiger partial charge in [0.15, 0.2) is 16.7 Å². The van der Waals surface area contributed by atoms with Gasteiger partial charge in [-0.3, -0.25) is 14.5 Å². The SMILES string of the molecule is Cn1[nH]cc2c(-c3ccc4ncccc4c3)c3oc4cc(=O)ccc4c3nc21. The van der Waals surface area contributed by atoms with Crippen LogP contribution >= 0.6 is 0 Å². The van der Waals surface area contributed by atoms with E-state index in [4.69, 9.17) is 9.40 Å². The smallest absolute Gasteiger partial charge is 0.182 e. The minimum Gasteiger partial charge on any atom is -0.454 e. The molecule has 4 aromatic heterocycles. The molecule has 6 nitrogen and oxygen atoms in total. The molecule has 1 N–H and O–H groups in total. The fraction of sp³-hybridized carbons (Fsp3) is 0.0455. The second-order valence-electron chi connectivity index (χ2n) is 6.91. The number of pyridine rings is 2. The van der Waals surface area contributed by atoms with Crippen LogP contribution in [0.15, 0.2) is 70.1 Å². The molecule has 0 aliphatic rings. The molecule has 0 amide bonds. The second-order valence-corrected chi connectivity index (χ2v) is 6.91. The number of hydrogen-bond donors (Lipinski definition) is 1. The van der Waals surface area contributed by atoms with E-state index in [1.165, 1.54) is 6.07 Å². The maximum atomic E-state index is 11.8. The van der Waals surface area contributed by atoms with Gasteiger partial charge in [0.05, 0.1) is 5.52 Å². The Morgan fingerprint density at radius 1 is 1.07 bits per heavy atom. The normalized spacial score (nSPS) is 11.9. The standard InChI is InChI=1S/C22H14N4O2/c1-26-22-16(11-24-26)19(13-4-7-17-12(9-13)3-2-8-23-17)21-20(25-22)15-6-5-14(27)10-18(15)28-21/h2-11,24H,1H3. The van der Waals surface area contributed by atoms with Crippen LogP contribution in [0.1, 0.15) is 0 Å². The molecule has 134 valence electrons. The summed E-state index contributed by atoms with van der Waals surface area (Å²) in [5.74, 6) is 0. The molecule has 0 unspecified atom stereocenters. The molecule has 2 aromatic carbocycles. The number of rotatable bonds is 1. The van der Waals surface area contributed by atoms with Crippen LogP contribution in [0.2, 0.25) is 0 Å². The molecule has 28 heavy (non-hydrogen) atoms. The third kappa shape index (κ3) is 2.00. The van der Waals surface area contributed by atoms with Crippen LogP contribution in [-0.4, -0.2) is 19.7 Å². The Bertz CT molecular complexity index is 1600. The Hall–Kier alpha value is -3.93. The summed E-state index contributed by atoms with van der Waals surface area (Å²) in [5.41, 5.74) is 5.62. The minimum atomic E-state index is -0.0808. The zero-order chi connectivity index (χ0) is 18.8. The summed E-state index contributed by atoms with van der Waals surface area (Å²) in [6.07, 6.45) is 3.72. The predicted octanol–water partition coefficient (Wildman–Crippen LogP) is 4.38. The van der Waals surface area contributed by atoms with Gasteiger partial charge in [-0.2, -0.15) is 0 Å². The molecule has 0 atom stereocenters. The van der Waals surface area contributed by atoms with E-state index in [1.807, 2.05) is 42.2 Å². The van der Waals surface area contributed by atoms with E-state index in [0.717, 1.165) is 44.0 Å². The van der Waals surface area contributed by atoms with Crippen LogP contribution in [0.3, 0.4) is 0 Å². The fourth-order valence-electron chi connectivity index (χ4n) is 3.88. The highest BCUT2D eigenvalue weighted by atomic mass is 16.3. The first-order valence-corrected chi connectivity index (χ1v) is 8.94. The molecule has 0 aliphatic heterocycles. The number of fused-ring (bicyclic) bond motifs is 5. The minimum absolute atomic E-state index is 0.0808. The number of nitrogens with zero attached hydrogens (tertiary/aromatic N) is 3. The quantitative estimate of drug-likeness (QED) is 0.469. The monoisotopic (exact) mass is 366 g/mol. The van der Waals surface area contributed by atoms with Crippen LogP contribution in [0.4, 0.5) is 0 Å². The number of hydrogen-bond acceptors (Lipinski definition) is 4. The molecule has 6 aromatic rings. The first-order valence-electron chi connectivity index (χ1n) is 8.94. The fourth-order valence-corrected chi connectivity index (χ4v) is 3.88. The maximum Gasteiger partial charge on any atom is 0.182 e. The lowest BCUT2D eigenvalue weighted by atomic mass is 10.0. The van der Waals surface area contributed by atoms with Crippen LogP contribution in [0, 0.1) is 0 Å². The van der Waals surface area contributed by atoms with E-state index in [0.29, 0.717) is 11.2 Å². The summed E-state index contributed by atoms with van der Waals surface area (Å²) < 4.78 is 8.02. The average molecular weight is 366 g/mol. The molecule has 0 saturated carbocycles. The van der Waals surface area contributed by atoms with Crippen molar-refractivity contribution in [3.05, 3.63) is 71.1 Å². The van der Waals surface area contributed by atoms with Gasteiger partial charge in [0.1, 0.15) is 11.1 Å². The maximum absolute atomic E-state index is 11.8. The highest BCUT2D eigenvalue weighted by molar-refractivity contribution is 6.14. The third-order valence-electron chi connectivity index (χ3n) is 5.20. The first-order chi connectivity index (χ1) is 13.7. The number of aromatic nitrogens is 4. The van der Waals surface area contributed by atoms with Crippen molar-refractivity contribution >= 4 is 44.0 Å². The predicted molar refractivity (Wildman–Crippen MR) is 109 cm³/mol. The van der Waals surface area contributed by atoms with Gasteiger partial charge in [-0.25, -0.2) is 4.98 Å². The molecular formula is C22H14N4O2. The Morgan fingerprint density at radius 3 is 2.93 bits per heavy atom. The van der Waals surface area contributed by atoms with Gasteiger partial charge in [-0.1, -0.05) is 12.1 Å². The van der Waals surface area contributed by atoms with E-state index < -0.39 is 0 Å². The number of benzene rings is 2.